The Morgan fingerprint density at radius 2 is 1.95 bits per heavy atom. The van der Waals surface area contributed by atoms with E-state index in [2.05, 4.69) is 25.6 Å². The molecule has 0 amide bonds. The van der Waals surface area contributed by atoms with Crippen LogP contribution in [0.2, 0.25) is 0 Å². The maximum Gasteiger partial charge on any atom is 0.242 e. The monoisotopic (exact) mass is 361 g/mol. The predicted octanol–water partition coefficient (Wildman–Crippen LogP) is 1.80. The van der Waals surface area contributed by atoms with Crippen molar-refractivity contribution in [1.29, 1.82) is 0 Å². The third kappa shape index (κ3) is 4.18. The number of sulfonamides is 1. The van der Waals surface area contributed by atoms with Gasteiger partial charge in [-0.2, -0.15) is 0 Å². The number of hydrogen-bond acceptors (Lipinski definition) is 4. The number of nitrogens with two attached hydrogens (primary N) is 1. The van der Waals surface area contributed by atoms with E-state index < -0.39 is 10.0 Å². The van der Waals surface area contributed by atoms with Crippen molar-refractivity contribution < 1.29 is 8.42 Å². The first-order chi connectivity index (χ1) is 9.49. The van der Waals surface area contributed by atoms with E-state index in [1.54, 1.807) is 12.1 Å². The molecule has 1 aromatic carbocycles. The van der Waals surface area contributed by atoms with Gasteiger partial charge >= 0.3 is 0 Å². The Balaban J connectivity index is 1.95. The highest BCUT2D eigenvalue weighted by atomic mass is 79.9. The van der Waals surface area contributed by atoms with Gasteiger partial charge in [0, 0.05) is 17.6 Å². The zero-order chi connectivity index (χ0) is 14.6. The highest BCUT2D eigenvalue weighted by Crippen LogP contribution is 2.22. The molecule has 0 aliphatic carbocycles. The summed E-state index contributed by atoms with van der Waals surface area (Å²) < 4.78 is 27.8. The Kier molecular flexibility index (Phi) is 5.42. The highest BCUT2D eigenvalue weighted by Gasteiger charge is 2.18. The molecule has 0 unspecified atom stereocenters. The summed E-state index contributed by atoms with van der Waals surface area (Å²) in [6.07, 6.45) is 3.67. The van der Waals surface area contributed by atoms with Crippen LogP contribution in [0.15, 0.2) is 27.6 Å². The molecule has 0 aromatic heterocycles. The second kappa shape index (κ2) is 6.89. The van der Waals surface area contributed by atoms with Gasteiger partial charge in [0.2, 0.25) is 10.0 Å². The van der Waals surface area contributed by atoms with E-state index in [-0.39, 0.29) is 10.6 Å². The summed E-state index contributed by atoms with van der Waals surface area (Å²) in [5.41, 5.74) is 6.00. The van der Waals surface area contributed by atoms with Gasteiger partial charge in [-0.15, -0.1) is 0 Å². The van der Waals surface area contributed by atoms with Crippen LogP contribution in [0.25, 0.3) is 0 Å². The molecule has 1 aliphatic rings. The SMILES string of the molecule is Nc1ccc(Br)cc1S(=O)(=O)NCCN1CCCCC1. The van der Waals surface area contributed by atoms with Crippen LogP contribution in [0.5, 0.6) is 0 Å². The standard InChI is InChI=1S/C13H20BrN3O2S/c14-11-4-5-12(15)13(10-11)20(18,19)16-6-9-17-7-2-1-3-8-17/h4-5,10,16H,1-3,6-9,15H2. The third-order valence-corrected chi connectivity index (χ3v) is 5.44. The lowest BCUT2D eigenvalue weighted by molar-refractivity contribution is 0.233. The lowest BCUT2D eigenvalue weighted by Crippen LogP contribution is -2.37. The molecule has 0 atom stereocenters. The van der Waals surface area contributed by atoms with Crippen LogP contribution < -0.4 is 10.5 Å². The van der Waals surface area contributed by atoms with Crippen LogP contribution in [0.1, 0.15) is 19.3 Å². The third-order valence-electron chi connectivity index (χ3n) is 3.43. The molecule has 1 aromatic rings. The molecule has 0 radical (unpaired) electrons. The summed E-state index contributed by atoms with van der Waals surface area (Å²) in [6, 6.07) is 4.84. The van der Waals surface area contributed by atoms with Gasteiger partial charge < -0.3 is 10.6 Å². The fourth-order valence-electron chi connectivity index (χ4n) is 2.34. The van der Waals surface area contributed by atoms with Crippen molar-refractivity contribution in [3.8, 4) is 0 Å². The van der Waals surface area contributed by atoms with Gasteiger partial charge in [-0.25, -0.2) is 13.1 Å². The first-order valence-electron chi connectivity index (χ1n) is 6.76. The van der Waals surface area contributed by atoms with Crippen LogP contribution >= 0.6 is 15.9 Å². The van der Waals surface area contributed by atoms with Crippen molar-refractivity contribution in [2.24, 2.45) is 0 Å². The summed E-state index contributed by atoms with van der Waals surface area (Å²) >= 11 is 3.26. The van der Waals surface area contributed by atoms with Gasteiger partial charge in [-0.05, 0) is 44.1 Å². The Labute approximate surface area is 128 Å². The summed E-state index contributed by atoms with van der Waals surface area (Å²) in [5, 5.41) is 0. The Bertz CT molecular complexity index is 557. The van der Waals surface area contributed by atoms with Crippen LogP contribution in [0.4, 0.5) is 5.69 Å². The van der Waals surface area contributed by atoms with Gasteiger partial charge in [-0.3, -0.25) is 0 Å². The fourth-order valence-corrected chi connectivity index (χ4v) is 4.03. The van der Waals surface area contributed by atoms with Crippen molar-refractivity contribution >= 4 is 31.6 Å². The molecular weight excluding hydrogens is 342 g/mol. The lowest BCUT2D eigenvalue weighted by atomic mass is 10.1. The van der Waals surface area contributed by atoms with Crippen LogP contribution in [-0.2, 0) is 10.0 Å². The van der Waals surface area contributed by atoms with Crippen molar-refractivity contribution in [3.05, 3.63) is 22.7 Å². The quantitative estimate of drug-likeness (QED) is 0.784. The summed E-state index contributed by atoms with van der Waals surface area (Å²) in [6.45, 7) is 3.27. The average Bonchev–Trinajstić information content (AvgIpc) is 2.42. The number of likely N-dealkylation sites (tertiary alicyclic amines) is 1. The van der Waals surface area contributed by atoms with Gasteiger partial charge in [0.15, 0.2) is 0 Å². The maximum absolute atomic E-state index is 12.2. The molecule has 1 heterocycles. The highest BCUT2D eigenvalue weighted by molar-refractivity contribution is 9.10. The van der Waals surface area contributed by atoms with E-state index in [1.165, 1.54) is 25.3 Å². The Morgan fingerprint density at radius 1 is 1.25 bits per heavy atom. The summed E-state index contributed by atoms with van der Waals surface area (Å²) in [5.74, 6) is 0. The van der Waals surface area contributed by atoms with Gasteiger partial charge in [0.25, 0.3) is 0 Å². The van der Waals surface area contributed by atoms with Crippen molar-refractivity contribution in [1.82, 2.24) is 9.62 Å². The molecule has 0 spiro atoms. The lowest BCUT2D eigenvalue weighted by Gasteiger charge is -2.26. The first-order valence-corrected chi connectivity index (χ1v) is 9.04. The Hall–Kier alpha value is -0.630. The summed E-state index contributed by atoms with van der Waals surface area (Å²) in [4.78, 5) is 2.42. The van der Waals surface area contributed by atoms with E-state index >= 15 is 0 Å². The van der Waals surface area contributed by atoms with Gasteiger partial charge in [-0.1, -0.05) is 22.4 Å². The molecular formula is C13H20BrN3O2S. The molecule has 7 heteroatoms. The minimum atomic E-state index is -3.55. The molecule has 2 rings (SSSR count). The number of benzene rings is 1. The van der Waals surface area contributed by atoms with Crippen LogP contribution in [-0.4, -0.2) is 39.5 Å². The van der Waals surface area contributed by atoms with Crippen molar-refractivity contribution in [2.45, 2.75) is 24.2 Å². The predicted molar refractivity (Wildman–Crippen MR) is 84.0 cm³/mol. The number of piperidine rings is 1. The minimum Gasteiger partial charge on any atom is -0.398 e. The topological polar surface area (TPSA) is 75.4 Å². The average molecular weight is 362 g/mol. The zero-order valence-corrected chi connectivity index (χ0v) is 13.7. The second-order valence-electron chi connectivity index (χ2n) is 4.98. The largest absolute Gasteiger partial charge is 0.398 e. The normalized spacial score (nSPS) is 17.2. The van der Waals surface area contributed by atoms with Crippen molar-refractivity contribution in [2.75, 3.05) is 31.9 Å². The zero-order valence-electron chi connectivity index (χ0n) is 11.3. The van der Waals surface area contributed by atoms with E-state index in [1.807, 2.05) is 0 Å². The minimum absolute atomic E-state index is 0.130. The second-order valence-corrected chi connectivity index (χ2v) is 7.63. The summed E-state index contributed by atoms with van der Waals surface area (Å²) in [7, 11) is -3.55. The molecule has 5 nitrogen and oxygen atoms in total. The molecule has 3 N–H and O–H groups in total. The smallest absolute Gasteiger partial charge is 0.242 e. The number of nitrogens with zero attached hydrogens (tertiary/aromatic N) is 1. The Morgan fingerprint density at radius 3 is 2.65 bits per heavy atom. The fraction of sp³-hybridized carbons (Fsp3) is 0.538. The number of halogens is 1. The van der Waals surface area contributed by atoms with E-state index in [0.717, 1.165) is 19.6 Å². The molecule has 20 heavy (non-hydrogen) atoms. The van der Waals surface area contributed by atoms with Crippen LogP contribution in [0.3, 0.4) is 0 Å². The molecule has 1 aliphatic heterocycles. The molecule has 112 valence electrons. The van der Waals surface area contributed by atoms with Crippen molar-refractivity contribution in [3.63, 3.8) is 0 Å². The van der Waals surface area contributed by atoms with Gasteiger partial charge in [0.1, 0.15) is 4.90 Å². The van der Waals surface area contributed by atoms with Gasteiger partial charge in [0.05, 0.1) is 5.69 Å². The number of hydrogen-bond donors (Lipinski definition) is 2. The van der Waals surface area contributed by atoms with E-state index in [0.29, 0.717) is 11.0 Å². The molecule has 0 saturated carbocycles. The van der Waals surface area contributed by atoms with E-state index in [4.69, 9.17) is 5.73 Å². The molecule has 1 fully saturated rings. The maximum atomic E-state index is 12.2. The van der Waals surface area contributed by atoms with Crippen LogP contribution in [0, 0.1) is 0 Å². The van der Waals surface area contributed by atoms with E-state index in [9.17, 15) is 8.42 Å². The number of nitrogens with one attached hydrogen (secondary N) is 1. The molecule has 0 bridgehead atoms. The number of anilines is 1. The number of nitrogen functional groups attached to an aromatic ring is 1. The molecule has 1 saturated heterocycles. The first kappa shape index (κ1) is 15.8. The number of rotatable bonds is 5.